The van der Waals surface area contributed by atoms with E-state index in [1.54, 1.807) is 0 Å². The maximum atomic E-state index is 4.32. The summed E-state index contributed by atoms with van der Waals surface area (Å²) in [6.45, 7) is 5.01. The van der Waals surface area contributed by atoms with Crippen molar-refractivity contribution in [2.24, 2.45) is 10.9 Å². The van der Waals surface area contributed by atoms with Gasteiger partial charge in [0.1, 0.15) is 0 Å². The van der Waals surface area contributed by atoms with Gasteiger partial charge in [0.15, 0.2) is 5.96 Å². The van der Waals surface area contributed by atoms with Crippen molar-refractivity contribution < 1.29 is 0 Å². The summed E-state index contributed by atoms with van der Waals surface area (Å²) in [7, 11) is 1.83. The van der Waals surface area contributed by atoms with Crippen molar-refractivity contribution in [3.05, 3.63) is 48.8 Å². The lowest BCUT2D eigenvalue weighted by Gasteiger charge is -2.19. The van der Waals surface area contributed by atoms with Crippen LogP contribution in [0.25, 0.3) is 0 Å². The van der Waals surface area contributed by atoms with Gasteiger partial charge in [-0.2, -0.15) is 5.10 Å². The van der Waals surface area contributed by atoms with Crippen LogP contribution in [0.1, 0.15) is 12.8 Å². The van der Waals surface area contributed by atoms with Gasteiger partial charge in [-0.05, 0) is 37.0 Å². The largest absolute Gasteiger partial charge is 0.371 e. The van der Waals surface area contributed by atoms with E-state index in [4.69, 9.17) is 0 Å². The number of para-hydroxylation sites is 1. The van der Waals surface area contributed by atoms with Crippen LogP contribution in [-0.2, 0) is 6.54 Å². The highest BCUT2D eigenvalue weighted by Crippen LogP contribution is 2.22. The zero-order chi connectivity index (χ0) is 17.3. The highest BCUT2D eigenvalue weighted by Gasteiger charge is 2.22. The molecule has 3 rings (SSSR count). The van der Waals surface area contributed by atoms with Crippen molar-refractivity contribution in [2.75, 3.05) is 38.1 Å². The summed E-state index contributed by atoms with van der Waals surface area (Å²) >= 11 is 0. The highest BCUT2D eigenvalue weighted by molar-refractivity contribution is 5.79. The van der Waals surface area contributed by atoms with E-state index < -0.39 is 0 Å². The number of anilines is 1. The number of rotatable bonds is 7. The van der Waals surface area contributed by atoms with Crippen molar-refractivity contribution in [3.8, 4) is 0 Å². The molecule has 1 aromatic carbocycles. The molecule has 2 heterocycles. The molecule has 1 fully saturated rings. The summed E-state index contributed by atoms with van der Waals surface area (Å²) in [5.41, 5.74) is 1.33. The Hall–Kier alpha value is -2.50. The zero-order valence-electron chi connectivity index (χ0n) is 14.9. The first kappa shape index (κ1) is 17.3. The number of nitrogens with zero attached hydrogens (tertiary/aromatic N) is 4. The number of nitrogens with one attached hydrogen (secondary N) is 2. The third kappa shape index (κ3) is 5.24. The van der Waals surface area contributed by atoms with Gasteiger partial charge in [0, 0.05) is 57.9 Å². The lowest BCUT2D eigenvalue weighted by atomic mass is 10.1. The Labute approximate surface area is 149 Å². The summed E-state index contributed by atoms with van der Waals surface area (Å²) in [4.78, 5) is 6.78. The standard InChI is InChI=1S/C19H28N6/c1-20-19(21-10-5-12-25-13-6-11-23-25)22-15-17-9-14-24(16-17)18-7-3-2-4-8-18/h2-4,6-8,11,13,17H,5,9-10,12,14-16H2,1H3,(H2,20,21,22). The molecule has 1 unspecified atom stereocenters. The predicted molar refractivity (Wildman–Crippen MR) is 103 cm³/mol. The Kier molecular flexibility index (Phi) is 6.31. The number of aliphatic imine (C=N–C) groups is 1. The van der Waals surface area contributed by atoms with Crippen LogP contribution in [0.4, 0.5) is 5.69 Å². The van der Waals surface area contributed by atoms with Gasteiger partial charge in [-0.25, -0.2) is 0 Å². The number of aryl methyl sites for hydroxylation is 1. The molecule has 0 aliphatic carbocycles. The minimum Gasteiger partial charge on any atom is -0.371 e. The van der Waals surface area contributed by atoms with Gasteiger partial charge in [-0.15, -0.1) is 0 Å². The van der Waals surface area contributed by atoms with E-state index in [0.717, 1.165) is 45.1 Å². The molecule has 2 aromatic rings. The quantitative estimate of drug-likeness (QED) is 0.460. The van der Waals surface area contributed by atoms with Gasteiger partial charge >= 0.3 is 0 Å². The molecule has 1 aromatic heterocycles. The molecule has 6 nitrogen and oxygen atoms in total. The van der Waals surface area contributed by atoms with Crippen LogP contribution >= 0.6 is 0 Å². The molecule has 0 radical (unpaired) electrons. The summed E-state index contributed by atoms with van der Waals surface area (Å²) in [6, 6.07) is 12.6. The normalized spacial score (nSPS) is 17.7. The zero-order valence-corrected chi connectivity index (χ0v) is 14.9. The van der Waals surface area contributed by atoms with Gasteiger partial charge in [0.05, 0.1) is 0 Å². The molecule has 6 heteroatoms. The van der Waals surface area contributed by atoms with Crippen LogP contribution in [0.15, 0.2) is 53.8 Å². The van der Waals surface area contributed by atoms with Crippen molar-refractivity contribution >= 4 is 11.6 Å². The fourth-order valence-corrected chi connectivity index (χ4v) is 3.21. The predicted octanol–water partition coefficient (Wildman–Crippen LogP) is 1.96. The van der Waals surface area contributed by atoms with Gasteiger partial charge in [-0.1, -0.05) is 18.2 Å². The Morgan fingerprint density at radius 2 is 2.12 bits per heavy atom. The van der Waals surface area contributed by atoms with E-state index in [2.05, 4.69) is 56.0 Å². The monoisotopic (exact) mass is 340 g/mol. The fraction of sp³-hybridized carbons (Fsp3) is 0.474. The van der Waals surface area contributed by atoms with Crippen molar-refractivity contribution in [3.63, 3.8) is 0 Å². The van der Waals surface area contributed by atoms with E-state index in [0.29, 0.717) is 5.92 Å². The Balaban J connectivity index is 1.34. The third-order valence-electron chi connectivity index (χ3n) is 4.60. The van der Waals surface area contributed by atoms with Crippen LogP contribution in [-0.4, -0.2) is 49.0 Å². The highest BCUT2D eigenvalue weighted by atomic mass is 15.3. The Morgan fingerprint density at radius 3 is 2.88 bits per heavy atom. The summed E-state index contributed by atoms with van der Waals surface area (Å²) in [6.07, 6.45) is 6.05. The van der Waals surface area contributed by atoms with Gasteiger partial charge in [-0.3, -0.25) is 9.67 Å². The molecule has 1 aliphatic rings. The van der Waals surface area contributed by atoms with Gasteiger partial charge < -0.3 is 15.5 Å². The van der Waals surface area contributed by atoms with Crippen molar-refractivity contribution in [1.82, 2.24) is 20.4 Å². The molecule has 2 N–H and O–H groups in total. The molecule has 0 saturated carbocycles. The minimum atomic E-state index is 0.655. The van der Waals surface area contributed by atoms with Gasteiger partial charge in [0.25, 0.3) is 0 Å². The first-order valence-corrected chi connectivity index (χ1v) is 9.07. The van der Waals surface area contributed by atoms with E-state index >= 15 is 0 Å². The summed E-state index contributed by atoms with van der Waals surface area (Å²) in [5, 5.41) is 11.1. The minimum absolute atomic E-state index is 0.655. The molecule has 0 spiro atoms. The first-order chi connectivity index (χ1) is 12.3. The molecule has 134 valence electrons. The molecule has 1 saturated heterocycles. The van der Waals surface area contributed by atoms with Crippen LogP contribution in [0.3, 0.4) is 0 Å². The lowest BCUT2D eigenvalue weighted by Crippen LogP contribution is -2.40. The number of guanidine groups is 1. The maximum Gasteiger partial charge on any atom is 0.190 e. The first-order valence-electron chi connectivity index (χ1n) is 9.07. The second-order valence-electron chi connectivity index (χ2n) is 6.44. The van der Waals surface area contributed by atoms with Crippen LogP contribution in [0, 0.1) is 5.92 Å². The molecular formula is C19H28N6. The second kappa shape index (κ2) is 9.11. The number of hydrogen-bond acceptors (Lipinski definition) is 3. The lowest BCUT2D eigenvalue weighted by molar-refractivity contribution is 0.553. The molecule has 0 amide bonds. The van der Waals surface area contributed by atoms with Crippen molar-refractivity contribution in [1.29, 1.82) is 0 Å². The molecule has 1 aliphatic heterocycles. The van der Waals surface area contributed by atoms with Crippen LogP contribution < -0.4 is 15.5 Å². The molecular weight excluding hydrogens is 312 g/mol. The topological polar surface area (TPSA) is 57.5 Å². The average molecular weight is 340 g/mol. The second-order valence-corrected chi connectivity index (χ2v) is 6.44. The molecule has 25 heavy (non-hydrogen) atoms. The number of hydrogen-bond donors (Lipinski definition) is 2. The van der Waals surface area contributed by atoms with E-state index in [1.165, 1.54) is 12.1 Å². The van der Waals surface area contributed by atoms with E-state index in [1.807, 2.05) is 30.2 Å². The third-order valence-corrected chi connectivity index (χ3v) is 4.60. The molecule has 0 bridgehead atoms. The summed E-state index contributed by atoms with van der Waals surface area (Å²) < 4.78 is 1.95. The van der Waals surface area contributed by atoms with E-state index in [-0.39, 0.29) is 0 Å². The van der Waals surface area contributed by atoms with Crippen molar-refractivity contribution in [2.45, 2.75) is 19.4 Å². The average Bonchev–Trinajstić information content (AvgIpc) is 3.34. The smallest absolute Gasteiger partial charge is 0.190 e. The fourth-order valence-electron chi connectivity index (χ4n) is 3.21. The maximum absolute atomic E-state index is 4.32. The Morgan fingerprint density at radius 1 is 1.24 bits per heavy atom. The summed E-state index contributed by atoms with van der Waals surface area (Å²) in [5.74, 6) is 1.54. The Bertz CT molecular complexity index is 637. The van der Waals surface area contributed by atoms with Gasteiger partial charge in [0.2, 0.25) is 0 Å². The number of aromatic nitrogens is 2. The SMILES string of the molecule is CN=C(NCCCn1cccn1)NCC1CCN(c2ccccc2)C1. The van der Waals surface area contributed by atoms with E-state index in [9.17, 15) is 0 Å². The van der Waals surface area contributed by atoms with Crippen LogP contribution in [0.2, 0.25) is 0 Å². The van der Waals surface area contributed by atoms with Crippen LogP contribution in [0.5, 0.6) is 0 Å². The number of benzene rings is 1. The molecule has 1 atom stereocenters.